The Morgan fingerprint density at radius 2 is 1.80 bits per heavy atom. The Hall–Kier alpha value is -2.76. The van der Waals surface area contributed by atoms with Crippen LogP contribution >= 0.6 is 0 Å². The van der Waals surface area contributed by atoms with Gasteiger partial charge in [0.25, 0.3) is 11.5 Å². The third-order valence-electron chi connectivity index (χ3n) is 2.77. The van der Waals surface area contributed by atoms with Gasteiger partial charge in [-0.1, -0.05) is 18.2 Å². The van der Waals surface area contributed by atoms with Gasteiger partial charge in [-0.05, 0) is 12.1 Å². The highest BCUT2D eigenvalue weighted by atomic mass is 16.2. The van der Waals surface area contributed by atoms with Gasteiger partial charge < -0.3 is 4.79 Å². The predicted octanol–water partition coefficient (Wildman–Crippen LogP) is 0.287. The molecule has 6 heteroatoms. The first-order valence-corrected chi connectivity index (χ1v) is 6.01. The molecule has 0 atom stereocenters. The molecule has 6 nitrogen and oxygen atoms in total. The van der Waals surface area contributed by atoms with Crippen molar-refractivity contribution in [1.29, 1.82) is 0 Å². The van der Waals surface area contributed by atoms with E-state index in [1.165, 1.54) is 18.3 Å². The minimum absolute atomic E-state index is 0.130. The van der Waals surface area contributed by atoms with E-state index in [1.807, 2.05) is 0 Å². The molecule has 20 heavy (non-hydrogen) atoms. The molecule has 0 radical (unpaired) electrons. The van der Waals surface area contributed by atoms with Gasteiger partial charge in [-0.25, -0.2) is 4.79 Å². The Morgan fingerprint density at radius 3 is 2.45 bits per heavy atom. The van der Waals surface area contributed by atoms with Crippen molar-refractivity contribution in [2.24, 2.45) is 0 Å². The summed E-state index contributed by atoms with van der Waals surface area (Å²) in [6.07, 6.45) is 2.08. The molecule has 2 aromatic rings. The van der Waals surface area contributed by atoms with Crippen LogP contribution in [0.1, 0.15) is 16.8 Å². The molecular formula is C14H12N2O4. The van der Waals surface area contributed by atoms with Crippen LogP contribution in [0.15, 0.2) is 52.2 Å². The van der Waals surface area contributed by atoms with Gasteiger partial charge in [-0.2, -0.15) is 4.57 Å². The monoisotopic (exact) mass is 272 g/mol. The molecule has 102 valence electrons. The lowest BCUT2D eigenvalue weighted by Crippen LogP contribution is -2.43. The molecule has 0 amide bonds. The molecule has 0 unspecified atom stereocenters. The van der Waals surface area contributed by atoms with Crippen molar-refractivity contribution >= 4 is 12.2 Å². The summed E-state index contributed by atoms with van der Waals surface area (Å²) < 4.78 is 1.73. The van der Waals surface area contributed by atoms with Gasteiger partial charge in [-0.3, -0.25) is 14.2 Å². The fraction of sp³-hybridized carbons (Fsp3) is 0.143. The lowest BCUT2D eigenvalue weighted by molar-refractivity contribution is -0.108. The summed E-state index contributed by atoms with van der Waals surface area (Å²) >= 11 is 0. The molecule has 0 aliphatic rings. The summed E-state index contributed by atoms with van der Waals surface area (Å²) in [5, 5.41) is 0. The molecule has 1 aromatic heterocycles. The summed E-state index contributed by atoms with van der Waals surface area (Å²) in [6, 6.07) is 9.20. The van der Waals surface area contributed by atoms with E-state index >= 15 is 0 Å². The van der Waals surface area contributed by atoms with Crippen LogP contribution in [-0.4, -0.2) is 21.3 Å². The molecule has 1 heterocycles. The van der Waals surface area contributed by atoms with Crippen molar-refractivity contribution in [3.63, 3.8) is 0 Å². The summed E-state index contributed by atoms with van der Waals surface area (Å²) in [5.74, 6) is -0.680. The van der Waals surface area contributed by atoms with Crippen molar-refractivity contribution < 1.29 is 9.59 Å². The Morgan fingerprint density at radius 1 is 1.10 bits per heavy atom. The number of aryl methyl sites for hydroxylation is 1. The second-order valence-electron chi connectivity index (χ2n) is 4.09. The number of aldehydes is 1. The van der Waals surface area contributed by atoms with E-state index in [1.54, 1.807) is 18.2 Å². The highest BCUT2D eigenvalue weighted by Gasteiger charge is 2.14. The predicted molar refractivity (Wildman–Crippen MR) is 71.8 cm³/mol. The number of nitrogens with zero attached hydrogens (tertiary/aromatic N) is 2. The first-order valence-electron chi connectivity index (χ1n) is 6.01. The Bertz CT molecular complexity index is 744. The van der Waals surface area contributed by atoms with Crippen molar-refractivity contribution in [2.75, 3.05) is 0 Å². The minimum atomic E-state index is -0.742. The first kappa shape index (κ1) is 13.7. The van der Waals surface area contributed by atoms with E-state index in [2.05, 4.69) is 0 Å². The molecular weight excluding hydrogens is 260 g/mol. The number of benzene rings is 1. The number of hydrogen-bond acceptors (Lipinski definition) is 4. The average Bonchev–Trinajstić information content (AvgIpc) is 2.47. The molecule has 0 saturated carbocycles. The summed E-state index contributed by atoms with van der Waals surface area (Å²) in [7, 11) is 0. The molecule has 0 aliphatic carbocycles. The van der Waals surface area contributed by atoms with E-state index in [0.29, 0.717) is 10.9 Å². The lowest BCUT2D eigenvalue weighted by Gasteiger charge is -2.07. The minimum Gasteiger partial charge on any atom is -0.303 e. The summed E-state index contributed by atoms with van der Waals surface area (Å²) in [5.41, 5.74) is -1.18. The fourth-order valence-corrected chi connectivity index (χ4v) is 1.77. The molecule has 1 aromatic carbocycles. The second-order valence-corrected chi connectivity index (χ2v) is 4.09. The van der Waals surface area contributed by atoms with E-state index in [0.717, 1.165) is 10.6 Å². The van der Waals surface area contributed by atoms with Crippen LogP contribution < -0.4 is 11.2 Å². The van der Waals surface area contributed by atoms with Crippen molar-refractivity contribution in [1.82, 2.24) is 9.13 Å². The molecule has 2 rings (SSSR count). The van der Waals surface area contributed by atoms with Gasteiger partial charge in [0.2, 0.25) is 0 Å². The maximum Gasteiger partial charge on any atom is 0.338 e. The molecule has 0 spiro atoms. The van der Waals surface area contributed by atoms with Gasteiger partial charge >= 0.3 is 5.69 Å². The van der Waals surface area contributed by atoms with Gasteiger partial charge in [0, 0.05) is 30.8 Å². The number of aromatic nitrogens is 2. The van der Waals surface area contributed by atoms with Crippen LogP contribution in [-0.2, 0) is 11.3 Å². The zero-order valence-electron chi connectivity index (χ0n) is 10.6. The van der Waals surface area contributed by atoms with Crippen molar-refractivity contribution in [3.05, 3.63) is 69.0 Å². The third kappa shape index (κ3) is 2.64. The van der Waals surface area contributed by atoms with E-state index in [9.17, 15) is 19.2 Å². The average molecular weight is 272 g/mol. The molecule has 0 aliphatic heterocycles. The number of rotatable bonds is 4. The Balaban J connectivity index is 2.51. The zero-order valence-corrected chi connectivity index (χ0v) is 10.6. The van der Waals surface area contributed by atoms with Gasteiger partial charge in [-0.15, -0.1) is 0 Å². The molecule has 0 saturated heterocycles. The Labute approximate surface area is 113 Å². The summed E-state index contributed by atoms with van der Waals surface area (Å²) in [4.78, 5) is 46.4. The van der Waals surface area contributed by atoms with Crippen molar-refractivity contribution in [3.8, 4) is 0 Å². The Kier molecular flexibility index (Phi) is 4.05. The highest BCUT2D eigenvalue weighted by molar-refractivity contribution is 5.95. The van der Waals surface area contributed by atoms with E-state index in [-0.39, 0.29) is 18.5 Å². The number of carbonyl (C=O) groups excluding carboxylic acids is 2. The van der Waals surface area contributed by atoms with Gasteiger partial charge in [0.15, 0.2) is 0 Å². The van der Waals surface area contributed by atoms with Crippen LogP contribution in [0.25, 0.3) is 0 Å². The molecule has 0 fully saturated rings. The number of hydrogen-bond donors (Lipinski definition) is 0. The van der Waals surface area contributed by atoms with E-state index < -0.39 is 17.2 Å². The number of carbonyl (C=O) groups is 2. The van der Waals surface area contributed by atoms with E-state index in [4.69, 9.17) is 0 Å². The first-order chi connectivity index (χ1) is 9.65. The quantitative estimate of drug-likeness (QED) is 0.749. The molecule has 0 bridgehead atoms. The van der Waals surface area contributed by atoms with Crippen LogP contribution in [0.4, 0.5) is 0 Å². The SMILES string of the molecule is O=CCCn1ccc(=O)n(C(=O)c2ccccc2)c1=O. The van der Waals surface area contributed by atoms with Gasteiger partial charge in [0.05, 0.1) is 0 Å². The van der Waals surface area contributed by atoms with Crippen LogP contribution in [0, 0.1) is 0 Å². The highest BCUT2D eigenvalue weighted by Crippen LogP contribution is 1.99. The van der Waals surface area contributed by atoms with Gasteiger partial charge in [0.1, 0.15) is 6.29 Å². The maximum atomic E-state index is 12.2. The smallest absolute Gasteiger partial charge is 0.303 e. The topological polar surface area (TPSA) is 78.1 Å². The lowest BCUT2D eigenvalue weighted by atomic mass is 10.2. The van der Waals surface area contributed by atoms with Crippen LogP contribution in [0.5, 0.6) is 0 Å². The van der Waals surface area contributed by atoms with Crippen molar-refractivity contribution in [2.45, 2.75) is 13.0 Å². The molecule has 0 N–H and O–H groups in total. The normalized spacial score (nSPS) is 10.2. The standard InChI is InChI=1S/C14H12N2O4/c17-10-4-8-15-9-7-12(18)16(14(15)20)13(19)11-5-2-1-3-6-11/h1-3,5-7,9-10H,4,8H2. The van der Waals surface area contributed by atoms with Crippen LogP contribution in [0.3, 0.4) is 0 Å². The maximum absolute atomic E-state index is 12.2. The summed E-state index contributed by atoms with van der Waals surface area (Å²) in [6.45, 7) is 0.130. The fourth-order valence-electron chi connectivity index (χ4n) is 1.77. The third-order valence-corrected chi connectivity index (χ3v) is 2.77. The largest absolute Gasteiger partial charge is 0.338 e. The second kappa shape index (κ2) is 5.92. The zero-order chi connectivity index (χ0) is 14.5. The van der Waals surface area contributed by atoms with Crippen LogP contribution in [0.2, 0.25) is 0 Å².